The Bertz CT molecular complexity index is 432. The van der Waals surface area contributed by atoms with E-state index in [0.29, 0.717) is 17.2 Å². The van der Waals surface area contributed by atoms with Crippen LogP contribution in [0.4, 0.5) is 0 Å². The molecule has 5 heteroatoms. The Labute approximate surface area is 113 Å². The van der Waals surface area contributed by atoms with Crippen molar-refractivity contribution in [2.24, 2.45) is 0 Å². The van der Waals surface area contributed by atoms with Gasteiger partial charge in [0.1, 0.15) is 5.78 Å². The molecule has 0 spiro atoms. The van der Waals surface area contributed by atoms with Crippen molar-refractivity contribution in [1.82, 2.24) is 0 Å². The fraction of sp³-hybridized carbons (Fsp3) is 0.333. The number of benzene rings is 1. The lowest BCUT2D eigenvalue weighted by atomic mass is 10.0. The predicted molar refractivity (Wildman–Crippen MR) is 69.6 cm³/mol. The highest BCUT2D eigenvalue weighted by Gasteiger charge is 2.14. The van der Waals surface area contributed by atoms with Crippen LogP contribution < -0.4 is 0 Å². The van der Waals surface area contributed by atoms with E-state index in [1.54, 1.807) is 18.2 Å². The summed E-state index contributed by atoms with van der Waals surface area (Å²) in [5, 5.41) is 0.351. The number of hydrogen-bond donors (Lipinski definition) is 0. The smallest absolute Gasteiger partial charge is 0.171 e. The van der Waals surface area contributed by atoms with Crippen molar-refractivity contribution < 1.29 is 14.3 Å². The summed E-state index contributed by atoms with van der Waals surface area (Å²) >= 11 is 9.18. The minimum absolute atomic E-state index is 0.134. The van der Waals surface area contributed by atoms with E-state index in [4.69, 9.17) is 16.3 Å². The minimum Gasteiger partial charge on any atom is -0.384 e. The molecule has 0 N–H and O–H groups in total. The molecule has 0 saturated carbocycles. The van der Waals surface area contributed by atoms with Gasteiger partial charge < -0.3 is 4.74 Å². The normalized spacial score (nSPS) is 10.3. The highest BCUT2D eigenvalue weighted by Crippen LogP contribution is 2.22. The summed E-state index contributed by atoms with van der Waals surface area (Å²) in [6, 6.07) is 4.96. The summed E-state index contributed by atoms with van der Waals surface area (Å²) < 4.78 is 5.57. The van der Waals surface area contributed by atoms with Crippen LogP contribution in [0.15, 0.2) is 22.7 Å². The fourth-order valence-corrected chi connectivity index (χ4v) is 2.07. The predicted octanol–water partition coefficient (Wildman–Crippen LogP) is 3.28. The van der Waals surface area contributed by atoms with Gasteiger partial charge >= 0.3 is 0 Å². The van der Waals surface area contributed by atoms with E-state index in [1.807, 2.05) is 0 Å². The van der Waals surface area contributed by atoms with E-state index in [9.17, 15) is 9.59 Å². The number of hydrogen-bond acceptors (Lipinski definition) is 3. The summed E-state index contributed by atoms with van der Waals surface area (Å²) in [5.74, 6) is -0.403. The van der Waals surface area contributed by atoms with E-state index >= 15 is 0 Å². The lowest BCUT2D eigenvalue weighted by Gasteiger charge is -2.03. The molecule has 0 aromatic heterocycles. The molecule has 0 atom stereocenters. The second-order valence-electron chi connectivity index (χ2n) is 3.51. The lowest BCUT2D eigenvalue weighted by molar-refractivity contribution is -0.119. The maximum Gasteiger partial charge on any atom is 0.171 e. The van der Waals surface area contributed by atoms with E-state index in [-0.39, 0.29) is 24.4 Å². The van der Waals surface area contributed by atoms with E-state index in [1.165, 1.54) is 7.11 Å². The fourth-order valence-electron chi connectivity index (χ4n) is 1.29. The highest BCUT2D eigenvalue weighted by molar-refractivity contribution is 9.10. The maximum absolute atomic E-state index is 11.8. The molecule has 0 unspecified atom stereocenters. The molecule has 0 aliphatic carbocycles. The van der Waals surface area contributed by atoms with Gasteiger partial charge in [-0.15, -0.1) is 0 Å². The summed E-state index contributed by atoms with van der Waals surface area (Å²) in [7, 11) is 1.51. The number of ether oxygens (including phenoxy) is 1. The van der Waals surface area contributed by atoms with E-state index in [2.05, 4.69) is 15.9 Å². The number of methoxy groups -OCH3 is 1. The zero-order valence-electron chi connectivity index (χ0n) is 9.33. The molecule has 0 saturated heterocycles. The molecular formula is C12H12BrClO3. The Morgan fingerprint density at radius 3 is 2.71 bits per heavy atom. The van der Waals surface area contributed by atoms with Crippen LogP contribution in [0.25, 0.3) is 0 Å². The second-order valence-corrected chi connectivity index (χ2v) is 4.83. The van der Waals surface area contributed by atoms with Crippen molar-refractivity contribution in [3.05, 3.63) is 33.3 Å². The Balaban J connectivity index is 2.67. The molecule has 1 aromatic carbocycles. The van der Waals surface area contributed by atoms with Crippen LogP contribution in [0.3, 0.4) is 0 Å². The zero-order chi connectivity index (χ0) is 12.8. The van der Waals surface area contributed by atoms with Crippen molar-refractivity contribution in [2.45, 2.75) is 12.8 Å². The zero-order valence-corrected chi connectivity index (χ0v) is 11.7. The first-order chi connectivity index (χ1) is 8.04. The molecule has 17 heavy (non-hydrogen) atoms. The maximum atomic E-state index is 11.8. The Morgan fingerprint density at radius 1 is 1.41 bits per heavy atom. The molecule has 0 aliphatic heterocycles. The highest BCUT2D eigenvalue weighted by atomic mass is 79.9. The van der Waals surface area contributed by atoms with Gasteiger partial charge in [-0.2, -0.15) is 0 Å². The molecule has 0 bridgehead atoms. The second kappa shape index (κ2) is 6.89. The molecule has 92 valence electrons. The Morgan fingerprint density at radius 2 is 2.12 bits per heavy atom. The van der Waals surface area contributed by atoms with Gasteiger partial charge in [-0.25, -0.2) is 0 Å². The molecular weight excluding hydrogens is 307 g/mol. The van der Waals surface area contributed by atoms with Gasteiger partial charge in [0.25, 0.3) is 0 Å². The molecule has 1 aromatic rings. The average molecular weight is 320 g/mol. The standard InChI is InChI=1S/C12H12BrClO3/c1-17-5-4-9(15)7-12(16)10-3-2-8(13)6-11(10)14/h2-3,6H,4-5,7H2,1H3. The van der Waals surface area contributed by atoms with Crippen molar-refractivity contribution >= 4 is 39.1 Å². The first-order valence-electron chi connectivity index (χ1n) is 5.03. The van der Waals surface area contributed by atoms with Crippen LogP contribution in [-0.4, -0.2) is 25.3 Å². The van der Waals surface area contributed by atoms with Gasteiger partial charge in [-0.05, 0) is 18.2 Å². The third-order valence-corrected chi connectivity index (χ3v) is 2.98. The molecule has 0 amide bonds. The van der Waals surface area contributed by atoms with Crippen LogP contribution in [-0.2, 0) is 9.53 Å². The lowest BCUT2D eigenvalue weighted by Crippen LogP contribution is -2.10. The summed E-state index contributed by atoms with van der Waals surface area (Å²) in [5.41, 5.74) is 0.376. The molecule has 0 heterocycles. The van der Waals surface area contributed by atoms with Crippen LogP contribution in [0.1, 0.15) is 23.2 Å². The number of halogens is 2. The van der Waals surface area contributed by atoms with Gasteiger partial charge in [-0.3, -0.25) is 9.59 Å². The molecule has 0 fully saturated rings. The Kier molecular flexibility index (Phi) is 5.82. The van der Waals surface area contributed by atoms with Gasteiger partial charge in [0.2, 0.25) is 0 Å². The summed E-state index contributed by atoms with van der Waals surface area (Å²) in [6.45, 7) is 0.334. The van der Waals surface area contributed by atoms with Crippen LogP contribution in [0, 0.1) is 0 Å². The minimum atomic E-state index is -0.261. The van der Waals surface area contributed by atoms with Crippen LogP contribution in [0.2, 0.25) is 5.02 Å². The van der Waals surface area contributed by atoms with E-state index in [0.717, 1.165) is 4.47 Å². The molecule has 0 radical (unpaired) electrons. The third kappa shape index (κ3) is 4.58. The van der Waals surface area contributed by atoms with Crippen molar-refractivity contribution in [3.8, 4) is 0 Å². The van der Waals surface area contributed by atoms with Crippen molar-refractivity contribution in [2.75, 3.05) is 13.7 Å². The van der Waals surface area contributed by atoms with Gasteiger partial charge in [0, 0.05) is 23.6 Å². The number of Topliss-reactive ketones (excluding diaryl/α,β-unsaturated/α-hetero) is 2. The molecule has 1 rings (SSSR count). The van der Waals surface area contributed by atoms with Crippen LogP contribution in [0.5, 0.6) is 0 Å². The molecule has 3 nitrogen and oxygen atoms in total. The first-order valence-corrected chi connectivity index (χ1v) is 6.20. The van der Waals surface area contributed by atoms with Crippen molar-refractivity contribution in [1.29, 1.82) is 0 Å². The van der Waals surface area contributed by atoms with Gasteiger partial charge in [-0.1, -0.05) is 27.5 Å². The number of carbonyl (C=O) groups is 2. The van der Waals surface area contributed by atoms with Crippen molar-refractivity contribution in [3.63, 3.8) is 0 Å². The van der Waals surface area contributed by atoms with Gasteiger partial charge in [0.05, 0.1) is 18.1 Å². The number of ketones is 2. The average Bonchev–Trinajstić information content (AvgIpc) is 2.26. The SMILES string of the molecule is COCCC(=O)CC(=O)c1ccc(Br)cc1Cl. The summed E-state index contributed by atoms with van der Waals surface area (Å²) in [6.07, 6.45) is 0.112. The summed E-state index contributed by atoms with van der Waals surface area (Å²) in [4.78, 5) is 23.2. The quantitative estimate of drug-likeness (QED) is 0.597. The monoisotopic (exact) mass is 318 g/mol. The Hall–Kier alpha value is -0.710. The largest absolute Gasteiger partial charge is 0.384 e. The first kappa shape index (κ1) is 14.4. The van der Waals surface area contributed by atoms with E-state index < -0.39 is 0 Å². The number of rotatable bonds is 6. The number of carbonyl (C=O) groups excluding carboxylic acids is 2. The topological polar surface area (TPSA) is 43.4 Å². The van der Waals surface area contributed by atoms with Gasteiger partial charge in [0.15, 0.2) is 5.78 Å². The third-order valence-electron chi connectivity index (χ3n) is 2.17. The van der Waals surface area contributed by atoms with Crippen LogP contribution >= 0.6 is 27.5 Å². The molecule has 0 aliphatic rings.